The fraction of sp³-hybridized carbons (Fsp3) is 0.308. The molecule has 1 fully saturated rings. The van der Waals surface area contributed by atoms with Crippen molar-refractivity contribution >= 4 is 23.6 Å². The van der Waals surface area contributed by atoms with Crippen LogP contribution in [-0.2, 0) is 14.3 Å². The van der Waals surface area contributed by atoms with Crippen LogP contribution in [0, 0.1) is 0 Å². The number of hydrogen-bond acceptors (Lipinski definition) is 4. The van der Waals surface area contributed by atoms with E-state index in [1.807, 2.05) is 6.07 Å². The number of rotatable bonds is 2. The molecule has 1 heterocycles. The van der Waals surface area contributed by atoms with Crippen molar-refractivity contribution in [2.45, 2.75) is 18.9 Å². The molecule has 0 saturated carbocycles. The number of nitrogens with zero attached hydrogens (tertiary/aromatic N) is 1. The van der Waals surface area contributed by atoms with E-state index in [0.29, 0.717) is 12.1 Å². The Labute approximate surface area is 110 Å². The van der Waals surface area contributed by atoms with Gasteiger partial charge in [0, 0.05) is 12.1 Å². The number of imide groups is 1. The second-order valence-electron chi connectivity index (χ2n) is 4.14. The highest BCUT2D eigenvalue weighted by Crippen LogP contribution is 2.21. The number of carbonyl (C=O) groups is 3. The van der Waals surface area contributed by atoms with Crippen LogP contribution in [-0.4, -0.2) is 36.0 Å². The van der Waals surface area contributed by atoms with Crippen LogP contribution in [0.25, 0.3) is 0 Å². The zero-order valence-electron chi connectivity index (χ0n) is 10.5. The molecule has 0 aromatic heterocycles. The number of ether oxygens (including phenoxy) is 1. The molecule has 2 rings (SSSR count). The van der Waals surface area contributed by atoms with Crippen LogP contribution < -0.4 is 5.32 Å². The maximum Gasteiger partial charge on any atom is 0.329 e. The van der Waals surface area contributed by atoms with Crippen molar-refractivity contribution in [3.8, 4) is 0 Å². The lowest BCUT2D eigenvalue weighted by molar-refractivity contribution is -0.147. The minimum atomic E-state index is -0.832. The molecule has 100 valence electrons. The predicted molar refractivity (Wildman–Crippen MR) is 67.3 cm³/mol. The van der Waals surface area contributed by atoms with Gasteiger partial charge in [-0.1, -0.05) is 18.2 Å². The molecule has 0 aliphatic carbocycles. The molecule has 1 N–H and O–H groups in total. The number of carbonyl (C=O) groups excluding carboxylic acids is 3. The maximum atomic E-state index is 12.0. The van der Waals surface area contributed by atoms with Crippen molar-refractivity contribution in [1.82, 2.24) is 4.90 Å². The number of hydrogen-bond donors (Lipinski definition) is 1. The Kier molecular flexibility index (Phi) is 3.79. The van der Waals surface area contributed by atoms with Crippen LogP contribution in [0.1, 0.15) is 12.8 Å². The molecule has 1 aliphatic heterocycles. The van der Waals surface area contributed by atoms with Crippen molar-refractivity contribution in [1.29, 1.82) is 0 Å². The first-order chi connectivity index (χ1) is 9.13. The van der Waals surface area contributed by atoms with E-state index in [9.17, 15) is 14.4 Å². The Morgan fingerprint density at radius 3 is 2.63 bits per heavy atom. The van der Waals surface area contributed by atoms with E-state index >= 15 is 0 Å². The zero-order valence-corrected chi connectivity index (χ0v) is 10.5. The van der Waals surface area contributed by atoms with Crippen molar-refractivity contribution < 1.29 is 19.1 Å². The molecule has 1 aromatic rings. The van der Waals surface area contributed by atoms with Gasteiger partial charge in [-0.05, 0) is 18.6 Å². The molecule has 1 aromatic carbocycles. The first-order valence-corrected chi connectivity index (χ1v) is 5.89. The van der Waals surface area contributed by atoms with Gasteiger partial charge >= 0.3 is 12.0 Å². The van der Waals surface area contributed by atoms with E-state index in [1.54, 1.807) is 24.3 Å². The number of esters is 1. The molecule has 1 aliphatic rings. The third-order valence-electron chi connectivity index (χ3n) is 2.93. The normalized spacial score (nSPS) is 18.3. The van der Waals surface area contributed by atoms with Gasteiger partial charge in [0.05, 0.1) is 7.11 Å². The van der Waals surface area contributed by atoms with Gasteiger partial charge in [-0.15, -0.1) is 0 Å². The van der Waals surface area contributed by atoms with E-state index in [0.717, 1.165) is 4.90 Å². The zero-order chi connectivity index (χ0) is 13.8. The minimum Gasteiger partial charge on any atom is -0.467 e. The number of anilines is 1. The average molecular weight is 262 g/mol. The quantitative estimate of drug-likeness (QED) is 0.817. The van der Waals surface area contributed by atoms with Crippen LogP contribution in [0.15, 0.2) is 30.3 Å². The molecule has 1 atom stereocenters. The van der Waals surface area contributed by atoms with Gasteiger partial charge in [0.1, 0.15) is 6.04 Å². The summed E-state index contributed by atoms with van der Waals surface area (Å²) in [5.74, 6) is -0.946. The maximum absolute atomic E-state index is 12.0. The van der Waals surface area contributed by atoms with E-state index in [2.05, 4.69) is 10.1 Å². The summed E-state index contributed by atoms with van der Waals surface area (Å²) in [6.07, 6.45) is 0.468. The fourth-order valence-corrected chi connectivity index (χ4v) is 2.00. The molecule has 1 saturated heterocycles. The van der Waals surface area contributed by atoms with Crippen LogP contribution in [0.2, 0.25) is 0 Å². The van der Waals surface area contributed by atoms with E-state index in [-0.39, 0.29) is 12.3 Å². The van der Waals surface area contributed by atoms with Crippen LogP contribution in [0.3, 0.4) is 0 Å². The summed E-state index contributed by atoms with van der Waals surface area (Å²) >= 11 is 0. The molecule has 1 unspecified atom stereocenters. The highest BCUT2D eigenvalue weighted by atomic mass is 16.5. The van der Waals surface area contributed by atoms with Crippen molar-refractivity contribution in [3.63, 3.8) is 0 Å². The van der Waals surface area contributed by atoms with Crippen molar-refractivity contribution in [3.05, 3.63) is 30.3 Å². The lowest BCUT2D eigenvalue weighted by atomic mass is 10.2. The molecular formula is C13H14N2O4. The molecule has 19 heavy (non-hydrogen) atoms. The second kappa shape index (κ2) is 5.51. The molecule has 0 bridgehead atoms. The van der Waals surface area contributed by atoms with Crippen molar-refractivity contribution in [2.75, 3.05) is 12.4 Å². The van der Waals surface area contributed by atoms with Gasteiger partial charge in [0.15, 0.2) is 0 Å². The molecule has 6 heteroatoms. The topological polar surface area (TPSA) is 75.7 Å². The molecule has 0 radical (unpaired) electrons. The third kappa shape index (κ3) is 2.73. The van der Waals surface area contributed by atoms with Crippen LogP contribution in [0.4, 0.5) is 10.5 Å². The van der Waals surface area contributed by atoms with Gasteiger partial charge in [0.25, 0.3) is 0 Å². The summed E-state index contributed by atoms with van der Waals surface area (Å²) in [5, 5.41) is 2.58. The highest BCUT2D eigenvalue weighted by Gasteiger charge is 2.41. The van der Waals surface area contributed by atoms with Crippen molar-refractivity contribution in [2.24, 2.45) is 0 Å². The summed E-state index contributed by atoms with van der Waals surface area (Å²) in [6.45, 7) is 0. The molecule has 6 nitrogen and oxygen atoms in total. The smallest absolute Gasteiger partial charge is 0.329 e. The number of likely N-dealkylation sites (tertiary alicyclic amines) is 1. The molecule has 0 spiro atoms. The Hall–Kier alpha value is -2.37. The van der Waals surface area contributed by atoms with Crippen LogP contribution >= 0.6 is 0 Å². The number of benzene rings is 1. The van der Waals surface area contributed by atoms with E-state index < -0.39 is 18.0 Å². The average Bonchev–Trinajstić information content (AvgIpc) is 2.81. The summed E-state index contributed by atoms with van der Waals surface area (Å²) in [4.78, 5) is 36.2. The largest absolute Gasteiger partial charge is 0.467 e. The van der Waals surface area contributed by atoms with Gasteiger partial charge in [0.2, 0.25) is 5.91 Å². The lowest BCUT2D eigenvalue weighted by Gasteiger charge is -2.21. The number of amides is 3. The first-order valence-electron chi connectivity index (χ1n) is 5.89. The number of urea groups is 1. The van der Waals surface area contributed by atoms with Gasteiger partial charge in [-0.25, -0.2) is 14.5 Å². The van der Waals surface area contributed by atoms with Crippen LogP contribution in [0.5, 0.6) is 0 Å². The minimum absolute atomic E-state index is 0.169. The Morgan fingerprint density at radius 1 is 1.32 bits per heavy atom. The summed E-state index contributed by atoms with van der Waals surface area (Å²) < 4.78 is 4.60. The first kappa shape index (κ1) is 13.1. The lowest BCUT2D eigenvalue weighted by Crippen LogP contribution is -2.45. The highest BCUT2D eigenvalue weighted by molar-refractivity contribution is 6.05. The fourth-order valence-electron chi connectivity index (χ4n) is 2.00. The third-order valence-corrected chi connectivity index (χ3v) is 2.93. The number of methoxy groups -OCH3 is 1. The van der Waals surface area contributed by atoms with Gasteiger partial charge in [-0.3, -0.25) is 4.79 Å². The Morgan fingerprint density at radius 2 is 2.00 bits per heavy atom. The summed E-state index contributed by atoms with van der Waals surface area (Å²) in [5.41, 5.74) is 0.566. The second-order valence-corrected chi connectivity index (χ2v) is 4.14. The number of para-hydroxylation sites is 1. The summed E-state index contributed by atoms with van der Waals surface area (Å²) in [6, 6.07) is 7.30. The van der Waals surface area contributed by atoms with Gasteiger partial charge in [-0.2, -0.15) is 0 Å². The predicted octanol–water partition coefficient (Wildman–Crippen LogP) is 1.38. The Bertz CT molecular complexity index is 501. The summed E-state index contributed by atoms with van der Waals surface area (Å²) in [7, 11) is 1.23. The monoisotopic (exact) mass is 262 g/mol. The van der Waals surface area contributed by atoms with E-state index in [1.165, 1.54) is 7.11 Å². The SMILES string of the molecule is COC(=O)C1CCC(=O)N1C(=O)Nc1ccccc1. The molecule has 3 amide bonds. The number of nitrogens with one attached hydrogen (secondary N) is 1. The molecular weight excluding hydrogens is 248 g/mol. The standard InChI is InChI=1S/C13H14N2O4/c1-19-12(17)10-7-8-11(16)15(10)13(18)14-9-5-3-2-4-6-9/h2-6,10H,7-8H2,1H3,(H,14,18). The van der Waals surface area contributed by atoms with E-state index in [4.69, 9.17) is 0 Å². The van der Waals surface area contributed by atoms with Gasteiger partial charge < -0.3 is 10.1 Å². The Balaban J connectivity index is 2.12.